The summed E-state index contributed by atoms with van der Waals surface area (Å²) in [5.41, 5.74) is 20.0. The lowest BCUT2D eigenvalue weighted by atomic mass is 9.98. The van der Waals surface area contributed by atoms with Crippen LogP contribution in [0.15, 0.2) is 267 Å². The quantitative estimate of drug-likeness (QED) is 0.133. The van der Waals surface area contributed by atoms with E-state index in [9.17, 15) is 0 Å². The number of nitrogens with zero attached hydrogens (tertiary/aromatic N) is 2. The minimum absolute atomic E-state index is 1.10. The third kappa shape index (κ3) is 7.48. The second-order valence-corrected chi connectivity index (χ2v) is 16.1. The van der Waals surface area contributed by atoms with Gasteiger partial charge >= 0.3 is 0 Å². The standard InChI is InChI=1S/C62H44N2/c1-5-15-45(16-6-1)49-29-37-55(38-30-49)63(56-39-31-50(32-40-56)46-17-7-2-8-18-46)57-41-33-51(34-42-57)47-25-27-48(28-26-47)52-35-43-58(44-36-52)64-60-24-14-13-23-59(60)61(53-19-9-3-10-20-53)62(64)54-21-11-4-12-22-54/h1-44H. The first-order valence-corrected chi connectivity index (χ1v) is 21.9. The molecule has 11 rings (SSSR count). The van der Waals surface area contributed by atoms with Crippen molar-refractivity contribution in [3.05, 3.63) is 267 Å². The number of fused-ring (bicyclic) bond motifs is 1. The summed E-state index contributed by atoms with van der Waals surface area (Å²) in [7, 11) is 0. The van der Waals surface area contributed by atoms with Gasteiger partial charge < -0.3 is 9.47 Å². The SMILES string of the molecule is c1ccc(-c2ccc(N(c3ccc(-c4ccccc4)cc3)c3ccc(-c4ccc(-c5ccc(-n6c(-c7ccccc7)c(-c7ccccc7)c7ccccc76)cc5)cc4)cc3)cc2)cc1. The van der Waals surface area contributed by atoms with E-state index in [0.717, 1.165) is 22.7 Å². The van der Waals surface area contributed by atoms with Crippen LogP contribution in [-0.4, -0.2) is 4.57 Å². The highest BCUT2D eigenvalue weighted by molar-refractivity contribution is 6.05. The van der Waals surface area contributed by atoms with Crippen molar-refractivity contribution >= 4 is 28.0 Å². The van der Waals surface area contributed by atoms with E-state index in [0.29, 0.717) is 0 Å². The van der Waals surface area contributed by atoms with Crippen LogP contribution < -0.4 is 4.90 Å². The van der Waals surface area contributed by atoms with Crippen LogP contribution in [0.2, 0.25) is 0 Å². The topological polar surface area (TPSA) is 8.17 Å². The van der Waals surface area contributed by atoms with Crippen LogP contribution >= 0.6 is 0 Å². The summed E-state index contributed by atoms with van der Waals surface area (Å²) in [4.78, 5) is 2.34. The van der Waals surface area contributed by atoms with E-state index < -0.39 is 0 Å². The average molecular weight is 817 g/mol. The van der Waals surface area contributed by atoms with Gasteiger partial charge in [-0.05, 0) is 110 Å². The molecule has 0 saturated carbocycles. The molecular weight excluding hydrogens is 773 g/mol. The van der Waals surface area contributed by atoms with E-state index in [1.807, 2.05) is 0 Å². The molecule has 0 radical (unpaired) electrons. The van der Waals surface area contributed by atoms with Gasteiger partial charge in [0.05, 0.1) is 11.2 Å². The normalized spacial score (nSPS) is 11.1. The van der Waals surface area contributed by atoms with Gasteiger partial charge in [0, 0.05) is 33.7 Å². The predicted octanol–water partition coefficient (Wildman–Crippen LogP) is 17.1. The molecule has 1 heterocycles. The van der Waals surface area contributed by atoms with Crippen molar-refractivity contribution < 1.29 is 0 Å². The first kappa shape index (κ1) is 38.5. The van der Waals surface area contributed by atoms with Crippen molar-refractivity contribution in [1.29, 1.82) is 0 Å². The van der Waals surface area contributed by atoms with Gasteiger partial charge in [0.2, 0.25) is 0 Å². The fourth-order valence-corrected chi connectivity index (χ4v) is 9.05. The smallest absolute Gasteiger partial charge is 0.0619 e. The third-order valence-corrected chi connectivity index (χ3v) is 12.3. The molecule has 0 bridgehead atoms. The molecule has 0 aliphatic carbocycles. The van der Waals surface area contributed by atoms with Gasteiger partial charge in [0.15, 0.2) is 0 Å². The summed E-state index contributed by atoms with van der Waals surface area (Å²) < 4.78 is 2.42. The highest BCUT2D eigenvalue weighted by atomic mass is 15.1. The van der Waals surface area contributed by atoms with E-state index in [-0.39, 0.29) is 0 Å². The van der Waals surface area contributed by atoms with Crippen molar-refractivity contribution in [1.82, 2.24) is 4.57 Å². The molecule has 11 aromatic rings. The van der Waals surface area contributed by atoms with Gasteiger partial charge in [-0.3, -0.25) is 0 Å². The maximum atomic E-state index is 2.42. The molecule has 0 aliphatic rings. The van der Waals surface area contributed by atoms with Gasteiger partial charge in [-0.15, -0.1) is 0 Å². The molecule has 0 atom stereocenters. The zero-order valence-corrected chi connectivity index (χ0v) is 35.3. The Balaban J connectivity index is 0.887. The van der Waals surface area contributed by atoms with Crippen molar-refractivity contribution in [3.63, 3.8) is 0 Å². The molecule has 302 valence electrons. The summed E-state index contributed by atoms with van der Waals surface area (Å²) in [6.07, 6.45) is 0. The van der Waals surface area contributed by atoms with E-state index in [1.54, 1.807) is 0 Å². The average Bonchev–Trinajstić information content (AvgIpc) is 3.74. The van der Waals surface area contributed by atoms with Gasteiger partial charge in [0.1, 0.15) is 0 Å². The Kier molecular flexibility index (Phi) is 10.3. The highest BCUT2D eigenvalue weighted by Gasteiger charge is 2.21. The number of rotatable bonds is 10. The van der Waals surface area contributed by atoms with Crippen LogP contribution in [0.1, 0.15) is 0 Å². The fraction of sp³-hybridized carbons (Fsp3) is 0. The van der Waals surface area contributed by atoms with Gasteiger partial charge in [-0.1, -0.05) is 212 Å². The van der Waals surface area contributed by atoms with Crippen LogP contribution in [0.3, 0.4) is 0 Å². The predicted molar refractivity (Wildman–Crippen MR) is 271 cm³/mol. The number of hydrogen-bond donors (Lipinski definition) is 0. The number of benzene rings is 10. The van der Waals surface area contributed by atoms with Crippen LogP contribution in [0.5, 0.6) is 0 Å². The molecule has 0 N–H and O–H groups in total. The summed E-state index contributed by atoms with van der Waals surface area (Å²) in [5, 5.41) is 1.24. The molecule has 2 heteroatoms. The first-order valence-electron chi connectivity index (χ1n) is 21.9. The molecule has 0 aliphatic heterocycles. The lowest BCUT2D eigenvalue weighted by molar-refractivity contribution is 1.14. The molecule has 2 nitrogen and oxygen atoms in total. The fourth-order valence-electron chi connectivity index (χ4n) is 9.05. The summed E-state index contributed by atoms with van der Waals surface area (Å²) in [5.74, 6) is 0. The third-order valence-electron chi connectivity index (χ3n) is 12.3. The summed E-state index contributed by atoms with van der Waals surface area (Å²) in [6.45, 7) is 0. The Labute approximate surface area is 375 Å². The van der Waals surface area contributed by atoms with Crippen LogP contribution in [0.4, 0.5) is 17.1 Å². The highest BCUT2D eigenvalue weighted by Crippen LogP contribution is 2.43. The lowest BCUT2D eigenvalue weighted by Gasteiger charge is -2.26. The number of anilines is 3. The molecule has 0 amide bonds. The zero-order chi connectivity index (χ0) is 42.7. The van der Waals surface area contributed by atoms with Crippen LogP contribution in [-0.2, 0) is 0 Å². The largest absolute Gasteiger partial charge is 0.311 e. The molecule has 0 saturated heterocycles. The minimum Gasteiger partial charge on any atom is -0.311 e. The number of para-hydroxylation sites is 1. The molecule has 0 fully saturated rings. The van der Waals surface area contributed by atoms with Crippen molar-refractivity contribution in [2.24, 2.45) is 0 Å². The minimum atomic E-state index is 1.10. The van der Waals surface area contributed by atoms with E-state index in [1.165, 1.54) is 77.8 Å². The van der Waals surface area contributed by atoms with Crippen molar-refractivity contribution in [3.8, 4) is 72.6 Å². The van der Waals surface area contributed by atoms with Crippen molar-refractivity contribution in [2.75, 3.05) is 4.90 Å². The molecule has 1 aromatic heterocycles. The monoisotopic (exact) mass is 816 g/mol. The zero-order valence-electron chi connectivity index (χ0n) is 35.3. The molecule has 10 aromatic carbocycles. The maximum absolute atomic E-state index is 2.42. The maximum Gasteiger partial charge on any atom is 0.0619 e. The molecular formula is C62H44N2. The summed E-state index contributed by atoms with van der Waals surface area (Å²) >= 11 is 0. The van der Waals surface area contributed by atoms with Crippen molar-refractivity contribution in [2.45, 2.75) is 0 Å². The van der Waals surface area contributed by atoms with E-state index in [2.05, 4.69) is 276 Å². The van der Waals surface area contributed by atoms with E-state index >= 15 is 0 Å². The second kappa shape index (κ2) is 17.1. The van der Waals surface area contributed by atoms with Crippen LogP contribution in [0.25, 0.3) is 83.5 Å². The first-order chi connectivity index (χ1) is 31.7. The molecule has 0 spiro atoms. The lowest BCUT2D eigenvalue weighted by Crippen LogP contribution is -2.09. The van der Waals surface area contributed by atoms with E-state index in [4.69, 9.17) is 0 Å². The Morgan fingerprint density at radius 3 is 0.938 bits per heavy atom. The Hall–Kier alpha value is -8.46. The second-order valence-electron chi connectivity index (χ2n) is 16.1. The number of aromatic nitrogens is 1. The van der Waals surface area contributed by atoms with Gasteiger partial charge in [-0.2, -0.15) is 0 Å². The van der Waals surface area contributed by atoms with Gasteiger partial charge in [-0.25, -0.2) is 0 Å². The Morgan fingerprint density at radius 1 is 0.234 bits per heavy atom. The van der Waals surface area contributed by atoms with Crippen LogP contribution in [0, 0.1) is 0 Å². The Morgan fingerprint density at radius 2 is 0.531 bits per heavy atom. The molecule has 64 heavy (non-hydrogen) atoms. The molecule has 0 unspecified atom stereocenters. The van der Waals surface area contributed by atoms with Gasteiger partial charge in [0.25, 0.3) is 0 Å². The summed E-state index contributed by atoms with van der Waals surface area (Å²) in [6, 6.07) is 96.0. The number of hydrogen-bond acceptors (Lipinski definition) is 1. The Bertz CT molecular complexity index is 3200.